The van der Waals surface area contributed by atoms with Gasteiger partial charge in [0.2, 0.25) is 0 Å². The number of nitrogens with zero attached hydrogens (tertiary/aromatic N) is 1. The van der Waals surface area contributed by atoms with Crippen molar-refractivity contribution < 1.29 is 0 Å². The number of hydrogen-bond acceptors (Lipinski definition) is 2. The summed E-state index contributed by atoms with van der Waals surface area (Å²) < 4.78 is 0. The summed E-state index contributed by atoms with van der Waals surface area (Å²) in [5.41, 5.74) is 1.82. The lowest BCUT2D eigenvalue weighted by Crippen LogP contribution is -1.97. The highest BCUT2D eigenvalue weighted by atomic mass is 35.5. The van der Waals surface area contributed by atoms with Gasteiger partial charge in [-0.3, -0.25) is 4.98 Å². The van der Waals surface area contributed by atoms with E-state index in [1.54, 1.807) is 18.5 Å². The molecular formula is C11H13ClN2. The molecule has 0 aromatic carbocycles. The Morgan fingerprint density at radius 3 is 2.86 bits per heavy atom. The standard InChI is InChI=1S/C11H13ClN2/c1-3-5-9(4-2)14-11-8-13-7-6-10(11)12/h3-8,14H,1-2H3/b5-3-,9-4+. The second-order valence-electron chi connectivity index (χ2n) is 2.72. The van der Waals surface area contributed by atoms with Gasteiger partial charge < -0.3 is 5.32 Å². The van der Waals surface area contributed by atoms with E-state index in [0.29, 0.717) is 5.02 Å². The van der Waals surface area contributed by atoms with Gasteiger partial charge in [-0.1, -0.05) is 23.8 Å². The maximum Gasteiger partial charge on any atom is 0.0759 e. The average molecular weight is 209 g/mol. The summed E-state index contributed by atoms with van der Waals surface area (Å²) in [6, 6.07) is 1.76. The average Bonchev–Trinajstić information content (AvgIpc) is 2.20. The van der Waals surface area contributed by atoms with Crippen LogP contribution in [0.2, 0.25) is 5.02 Å². The topological polar surface area (TPSA) is 24.9 Å². The van der Waals surface area contributed by atoms with Gasteiger partial charge in [-0.05, 0) is 26.0 Å². The second-order valence-corrected chi connectivity index (χ2v) is 3.13. The summed E-state index contributed by atoms with van der Waals surface area (Å²) in [6.45, 7) is 3.93. The third kappa shape index (κ3) is 2.89. The second kappa shape index (κ2) is 5.45. The van der Waals surface area contributed by atoms with Crippen molar-refractivity contribution in [3.8, 4) is 0 Å². The zero-order valence-corrected chi connectivity index (χ0v) is 9.05. The van der Waals surface area contributed by atoms with Gasteiger partial charge in [-0.25, -0.2) is 0 Å². The number of anilines is 1. The van der Waals surface area contributed by atoms with E-state index in [1.165, 1.54) is 0 Å². The van der Waals surface area contributed by atoms with Crippen molar-refractivity contribution in [3.63, 3.8) is 0 Å². The highest BCUT2D eigenvalue weighted by Crippen LogP contribution is 2.20. The van der Waals surface area contributed by atoms with E-state index in [1.807, 2.05) is 32.1 Å². The monoisotopic (exact) mass is 208 g/mol. The number of hydrogen-bond donors (Lipinski definition) is 1. The number of pyridine rings is 1. The number of halogens is 1. The number of rotatable bonds is 3. The Morgan fingerprint density at radius 1 is 1.50 bits per heavy atom. The van der Waals surface area contributed by atoms with Gasteiger partial charge in [-0.15, -0.1) is 0 Å². The quantitative estimate of drug-likeness (QED) is 0.768. The predicted molar refractivity (Wildman–Crippen MR) is 61.4 cm³/mol. The SMILES string of the molecule is C/C=C\C(=C/C)Nc1cnccc1Cl. The molecular weight excluding hydrogens is 196 g/mol. The number of allylic oxidation sites excluding steroid dienone is 3. The zero-order chi connectivity index (χ0) is 10.4. The first-order valence-corrected chi connectivity index (χ1v) is 4.81. The molecule has 2 nitrogen and oxygen atoms in total. The Balaban J connectivity index is 2.83. The fourth-order valence-electron chi connectivity index (χ4n) is 1.01. The molecule has 74 valence electrons. The molecule has 0 aliphatic carbocycles. The van der Waals surface area contributed by atoms with E-state index in [4.69, 9.17) is 11.6 Å². The summed E-state index contributed by atoms with van der Waals surface area (Å²) in [5.74, 6) is 0. The molecule has 0 radical (unpaired) electrons. The van der Waals surface area contributed by atoms with Crippen LogP contribution in [0.1, 0.15) is 13.8 Å². The van der Waals surface area contributed by atoms with Crippen molar-refractivity contribution in [1.29, 1.82) is 0 Å². The molecule has 0 aliphatic rings. The molecule has 0 saturated carbocycles. The smallest absolute Gasteiger partial charge is 0.0759 e. The first-order valence-electron chi connectivity index (χ1n) is 4.43. The summed E-state index contributed by atoms with van der Waals surface area (Å²) in [7, 11) is 0. The third-order valence-corrected chi connectivity index (χ3v) is 2.03. The van der Waals surface area contributed by atoms with E-state index in [0.717, 1.165) is 11.4 Å². The molecule has 14 heavy (non-hydrogen) atoms. The van der Waals surface area contributed by atoms with Gasteiger partial charge in [0, 0.05) is 11.9 Å². The first-order chi connectivity index (χ1) is 6.77. The van der Waals surface area contributed by atoms with Gasteiger partial charge in [-0.2, -0.15) is 0 Å². The van der Waals surface area contributed by atoms with E-state index in [9.17, 15) is 0 Å². The zero-order valence-electron chi connectivity index (χ0n) is 8.29. The van der Waals surface area contributed by atoms with Crippen LogP contribution in [-0.2, 0) is 0 Å². The van der Waals surface area contributed by atoms with E-state index in [-0.39, 0.29) is 0 Å². The minimum absolute atomic E-state index is 0.670. The molecule has 0 amide bonds. The van der Waals surface area contributed by atoms with Crippen LogP contribution in [0.15, 0.2) is 42.4 Å². The normalized spacial score (nSPS) is 12.1. The lowest BCUT2D eigenvalue weighted by molar-refractivity contribution is 1.31. The highest BCUT2D eigenvalue weighted by molar-refractivity contribution is 6.33. The van der Waals surface area contributed by atoms with Crippen LogP contribution >= 0.6 is 11.6 Å². The van der Waals surface area contributed by atoms with Gasteiger partial charge in [0.25, 0.3) is 0 Å². The van der Waals surface area contributed by atoms with Crippen molar-refractivity contribution in [2.24, 2.45) is 0 Å². The summed E-state index contributed by atoms with van der Waals surface area (Å²) in [5, 5.41) is 3.85. The van der Waals surface area contributed by atoms with Crippen molar-refractivity contribution in [2.45, 2.75) is 13.8 Å². The van der Waals surface area contributed by atoms with Crippen LogP contribution < -0.4 is 5.32 Å². The number of aromatic nitrogens is 1. The Bertz CT molecular complexity index is 356. The van der Waals surface area contributed by atoms with Crippen molar-refractivity contribution >= 4 is 17.3 Å². The molecule has 0 bridgehead atoms. The van der Waals surface area contributed by atoms with Crippen molar-refractivity contribution in [2.75, 3.05) is 5.32 Å². The lowest BCUT2D eigenvalue weighted by Gasteiger charge is -2.07. The van der Waals surface area contributed by atoms with E-state index >= 15 is 0 Å². The van der Waals surface area contributed by atoms with Gasteiger partial charge >= 0.3 is 0 Å². The molecule has 1 aromatic heterocycles. The Hall–Kier alpha value is -1.28. The molecule has 0 aliphatic heterocycles. The summed E-state index contributed by atoms with van der Waals surface area (Å²) >= 11 is 5.97. The molecule has 0 spiro atoms. The predicted octanol–water partition coefficient (Wildman–Crippen LogP) is 3.63. The molecule has 3 heteroatoms. The van der Waals surface area contributed by atoms with Crippen LogP contribution in [0.4, 0.5) is 5.69 Å². The maximum absolute atomic E-state index is 5.97. The molecule has 0 fully saturated rings. The first kappa shape index (κ1) is 10.8. The van der Waals surface area contributed by atoms with E-state index in [2.05, 4.69) is 10.3 Å². The van der Waals surface area contributed by atoms with Gasteiger partial charge in [0.1, 0.15) is 0 Å². The number of nitrogens with one attached hydrogen (secondary N) is 1. The van der Waals surface area contributed by atoms with Gasteiger partial charge in [0.15, 0.2) is 0 Å². The van der Waals surface area contributed by atoms with Crippen molar-refractivity contribution in [3.05, 3.63) is 47.4 Å². The van der Waals surface area contributed by atoms with Crippen molar-refractivity contribution in [1.82, 2.24) is 4.98 Å². The summed E-state index contributed by atoms with van der Waals surface area (Å²) in [4.78, 5) is 3.99. The van der Waals surface area contributed by atoms with Crippen LogP contribution in [0.25, 0.3) is 0 Å². The Labute approximate surface area is 89.3 Å². The minimum Gasteiger partial charge on any atom is -0.353 e. The van der Waals surface area contributed by atoms with Gasteiger partial charge in [0.05, 0.1) is 16.9 Å². The fraction of sp³-hybridized carbons (Fsp3) is 0.182. The molecule has 1 rings (SSSR count). The van der Waals surface area contributed by atoms with Crippen LogP contribution in [0.5, 0.6) is 0 Å². The molecule has 1 aromatic rings. The summed E-state index contributed by atoms with van der Waals surface area (Å²) in [6.07, 6.45) is 9.28. The van der Waals surface area contributed by atoms with Crippen LogP contribution in [0.3, 0.4) is 0 Å². The molecule has 0 unspecified atom stereocenters. The van der Waals surface area contributed by atoms with E-state index < -0.39 is 0 Å². The lowest BCUT2D eigenvalue weighted by atomic mass is 10.3. The maximum atomic E-state index is 5.97. The Morgan fingerprint density at radius 2 is 2.29 bits per heavy atom. The van der Waals surface area contributed by atoms with Crippen LogP contribution in [-0.4, -0.2) is 4.98 Å². The molecule has 1 heterocycles. The minimum atomic E-state index is 0.670. The highest BCUT2D eigenvalue weighted by Gasteiger charge is 1.98. The molecule has 0 saturated heterocycles. The fourth-order valence-corrected chi connectivity index (χ4v) is 1.17. The molecule has 1 N–H and O–H groups in total. The Kier molecular flexibility index (Phi) is 4.20. The third-order valence-electron chi connectivity index (χ3n) is 1.70. The van der Waals surface area contributed by atoms with Crippen LogP contribution in [0, 0.1) is 0 Å². The molecule has 0 atom stereocenters. The largest absolute Gasteiger partial charge is 0.353 e.